The van der Waals surface area contributed by atoms with Crippen molar-refractivity contribution in [2.24, 2.45) is 5.73 Å². The van der Waals surface area contributed by atoms with Crippen molar-refractivity contribution in [2.45, 2.75) is 25.9 Å². The van der Waals surface area contributed by atoms with Gasteiger partial charge < -0.3 is 10.8 Å². The molecule has 0 amide bonds. The van der Waals surface area contributed by atoms with Crippen LogP contribution in [-0.2, 0) is 4.79 Å². The summed E-state index contributed by atoms with van der Waals surface area (Å²) < 4.78 is 1.52. The van der Waals surface area contributed by atoms with Gasteiger partial charge in [-0.3, -0.25) is 9.48 Å². The SMILES string of the molecule is CC(C)n1ncc(Cl)c1C(N)C(=O)O. The Morgan fingerprint density at radius 1 is 1.71 bits per heavy atom. The molecule has 1 aromatic rings. The van der Waals surface area contributed by atoms with Crippen LogP contribution >= 0.6 is 11.6 Å². The van der Waals surface area contributed by atoms with Crippen molar-refractivity contribution in [2.75, 3.05) is 0 Å². The molecule has 0 aromatic carbocycles. The fraction of sp³-hybridized carbons (Fsp3) is 0.500. The van der Waals surface area contributed by atoms with Crippen LogP contribution in [0.5, 0.6) is 0 Å². The van der Waals surface area contributed by atoms with Crippen LogP contribution in [0, 0.1) is 0 Å². The van der Waals surface area contributed by atoms with Gasteiger partial charge in [0.1, 0.15) is 6.04 Å². The van der Waals surface area contributed by atoms with E-state index in [2.05, 4.69) is 5.10 Å². The molecule has 1 unspecified atom stereocenters. The first-order valence-corrected chi connectivity index (χ1v) is 4.54. The highest BCUT2D eigenvalue weighted by molar-refractivity contribution is 6.31. The van der Waals surface area contributed by atoms with E-state index in [4.69, 9.17) is 22.4 Å². The molecule has 1 atom stereocenters. The second kappa shape index (κ2) is 3.98. The quantitative estimate of drug-likeness (QED) is 0.797. The van der Waals surface area contributed by atoms with Crippen LogP contribution in [0.4, 0.5) is 0 Å². The Bertz CT molecular complexity index is 348. The van der Waals surface area contributed by atoms with E-state index in [1.807, 2.05) is 13.8 Å². The number of nitrogens with two attached hydrogens (primary N) is 1. The Balaban J connectivity index is 3.17. The summed E-state index contributed by atoms with van der Waals surface area (Å²) in [5.74, 6) is -1.12. The third-order valence-electron chi connectivity index (χ3n) is 1.84. The number of carbonyl (C=O) groups is 1. The fourth-order valence-corrected chi connectivity index (χ4v) is 1.42. The first kappa shape index (κ1) is 11.0. The number of halogens is 1. The summed E-state index contributed by atoms with van der Waals surface area (Å²) in [6, 6.07) is -1.10. The molecule has 3 N–H and O–H groups in total. The third kappa shape index (κ3) is 1.88. The van der Waals surface area contributed by atoms with Gasteiger partial charge in [0.2, 0.25) is 0 Å². The van der Waals surface area contributed by atoms with Crippen LogP contribution in [0.3, 0.4) is 0 Å². The summed E-state index contributed by atoms with van der Waals surface area (Å²) in [6.45, 7) is 3.75. The topological polar surface area (TPSA) is 81.1 Å². The zero-order valence-electron chi connectivity index (χ0n) is 7.94. The largest absolute Gasteiger partial charge is 0.480 e. The maximum absolute atomic E-state index is 10.7. The molecule has 14 heavy (non-hydrogen) atoms. The minimum atomic E-state index is -1.13. The van der Waals surface area contributed by atoms with Gasteiger partial charge in [-0.25, -0.2) is 0 Å². The minimum absolute atomic E-state index is 0.0305. The van der Waals surface area contributed by atoms with Crippen LogP contribution in [0.25, 0.3) is 0 Å². The predicted molar refractivity (Wildman–Crippen MR) is 52.2 cm³/mol. The molecule has 1 rings (SSSR count). The molecule has 0 saturated carbocycles. The molecule has 0 saturated heterocycles. The maximum Gasteiger partial charge on any atom is 0.326 e. The summed E-state index contributed by atoms with van der Waals surface area (Å²) in [5.41, 5.74) is 5.82. The molecule has 1 aromatic heterocycles. The van der Waals surface area contributed by atoms with Gasteiger partial charge in [0.15, 0.2) is 0 Å². The van der Waals surface area contributed by atoms with Crippen molar-refractivity contribution >= 4 is 17.6 Å². The monoisotopic (exact) mass is 217 g/mol. The van der Waals surface area contributed by atoms with E-state index >= 15 is 0 Å². The number of nitrogens with zero attached hydrogens (tertiary/aromatic N) is 2. The molecule has 0 radical (unpaired) electrons. The maximum atomic E-state index is 10.7. The summed E-state index contributed by atoms with van der Waals surface area (Å²) in [7, 11) is 0. The number of aromatic nitrogens is 2. The van der Waals surface area contributed by atoms with E-state index in [0.29, 0.717) is 5.69 Å². The summed E-state index contributed by atoms with van der Waals surface area (Å²) in [4.78, 5) is 10.7. The van der Waals surface area contributed by atoms with Gasteiger partial charge in [0.25, 0.3) is 0 Å². The fourth-order valence-electron chi connectivity index (χ4n) is 1.17. The van der Waals surface area contributed by atoms with Gasteiger partial charge in [-0.05, 0) is 13.8 Å². The molecule has 1 heterocycles. The first-order valence-electron chi connectivity index (χ1n) is 4.16. The Morgan fingerprint density at radius 2 is 2.29 bits per heavy atom. The molecular weight excluding hydrogens is 206 g/mol. The number of hydrogen-bond acceptors (Lipinski definition) is 3. The summed E-state index contributed by atoms with van der Waals surface area (Å²) in [6.07, 6.45) is 1.40. The highest BCUT2D eigenvalue weighted by Crippen LogP contribution is 2.24. The van der Waals surface area contributed by atoms with Crippen molar-refractivity contribution in [3.63, 3.8) is 0 Å². The zero-order valence-corrected chi connectivity index (χ0v) is 8.69. The van der Waals surface area contributed by atoms with Crippen LogP contribution in [-0.4, -0.2) is 20.9 Å². The van der Waals surface area contributed by atoms with E-state index in [-0.39, 0.29) is 11.1 Å². The van der Waals surface area contributed by atoms with Gasteiger partial charge in [0, 0.05) is 6.04 Å². The number of hydrogen-bond donors (Lipinski definition) is 2. The first-order chi connectivity index (χ1) is 6.45. The van der Waals surface area contributed by atoms with E-state index in [1.165, 1.54) is 10.9 Å². The normalized spacial score (nSPS) is 13.2. The van der Waals surface area contributed by atoms with Gasteiger partial charge in [-0.2, -0.15) is 5.10 Å². The molecule has 5 nitrogen and oxygen atoms in total. The number of carboxylic acid groups (broad SMARTS) is 1. The van der Waals surface area contributed by atoms with E-state index < -0.39 is 12.0 Å². The number of carboxylic acids is 1. The van der Waals surface area contributed by atoms with E-state index in [9.17, 15) is 4.79 Å². The molecule has 0 spiro atoms. The standard InChI is InChI=1S/C8H12ClN3O2/c1-4(2)12-7(5(9)3-11-12)6(10)8(13)14/h3-4,6H,10H2,1-2H3,(H,13,14). The van der Waals surface area contributed by atoms with Gasteiger partial charge in [0.05, 0.1) is 16.9 Å². The highest BCUT2D eigenvalue weighted by Gasteiger charge is 2.23. The second-order valence-corrected chi connectivity index (χ2v) is 3.64. The predicted octanol–water partition coefficient (Wildman–Crippen LogP) is 1.20. The lowest BCUT2D eigenvalue weighted by Crippen LogP contribution is -2.25. The molecule has 0 bridgehead atoms. The van der Waals surface area contributed by atoms with Crippen LogP contribution in [0.1, 0.15) is 31.6 Å². The van der Waals surface area contributed by atoms with Gasteiger partial charge in [-0.15, -0.1) is 0 Å². The van der Waals surface area contributed by atoms with E-state index in [1.54, 1.807) is 0 Å². The van der Waals surface area contributed by atoms with Crippen LogP contribution < -0.4 is 5.73 Å². The Morgan fingerprint density at radius 3 is 2.71 bits per heavy atom. The van der Waals surface area contributed by atoms with Gasteiger partial charge in [-0.1, -0.05) is 11.6 Å². The Hall–Kier alpha value is -1.07. The molecule has 0 aliphatic carbocycles. The lowest BCUT2D eigenvalue weighted by atomic mass is 10.2. The van der Waals surface area contributed by atoms with Crippen LogP contribution in [0.2, 0.25) is 5.02 Å². The van der Waals surface area contributed by atoms with Crippen LogP contribution in [0.15, 0.2) is 6.20 Å². The Kier molecular flexibility index (Phi) is 3.13. The van der Waals surface area contributed by atoms with Crippen molar-refractivity contribution in [1.82, 2.24) is 9.78 Å². The van der Waals surface area contributed by atoms with E-state index in [0.717, 1.165) is 0 Å². The lowest BCUT2D eigenvalue weighted by molar-refractivity contribution is -0.138. The van der Waals surface area contributed by atoms with Gasteiger partial charge >= 0.3 is 5.97 Å². The zero-order chi connectivity index (χ0) is 10.9. The third-order valence-corrected chi connectivity index (χ3v) is 2.13. The van der Waals surface area contributed by atoms with Crippen molar-refractivity contribution < 1.29 is 9.90 Å². The molecular formula is C8H12ClN3O2. The number of rotatable bonds is 3. The lowest BCUT2D eigenvalue weighted by Gasteiger charge is -2.13. The molecule has 0 aliphatic rings. The molecule has 78 valence electrons. The molecule has 0 aliphatic heterocycles. The Labute approximate surface area is 86.5 Å². The molecule has 0 fully saturated rings. The number of aliphatic carboxylic acids is 1. The summed E-state index contributed by atoms with van der Waals surface area (Å²) >= 11 is 5.80. The summed E-state index contributed by atoms with van der Waals surface area (Å²) in [5, 5.41) is 13.0. The molecule has 6 heteroatoms. The van der Waals surface area contributed by atoms with Crippen molar-refractivity contribution in [3.05, 3.63) is 16.9 Å². The minimum Gasteiger partial charge on any atom is -0.480 e. The second-order valence-electron chi connectivity index (χ2n) is 3.23. The average molecular weight is 218 g/mol. The van der Waals surface area contributed by atoms with Crippen molar-refractivity contribution in [1.29, 1.82) is 0 Å². The highest BCUT2D eigenvalue weighted by atomic mass is 35.5. The average Bonchev–Trinajstić information content (AvgIpc) is 2.45. The smallest absolute Gasteiger partial charge is 0.326 e. The van der Waals surface area contributed by atoms with Crippen molar-refractivity contribution in [3.8, 4) is 0 Å².